The standard InChI is InChI=1S/C24H22O2/c1-24(2)22(23(25)18-13-7-4-8-14-18)21(17-11-5-3-6-12-17)19-15-9-10-16-20(19)26-24/h3-16,21-22H,1-2H3. The minimum atomic E-state index is -0.609. The molecule has 1 aliphatic rings. The van der Waals surface area contributed by atoms with Crippen molar-refractivity contribution in [2.45, 2.75) is 25.4 Å². The number of Topliss-reactive ketones (excluding diaryl/α,β-unsaturated/α-hetero) is 1. The van der Waals surface area contributed by atoms with Gasteiger partial charge in [-0.1, -0.05) is 78.9 Å². The van der Waals surface area contributed by atoms with Gasteiger partial charge in [-0.05, 0) is 25.5 Å². The van der Waals surface area contributed by atoms with E-state index in [0.717, 1.165) is 22.4 Å². The zero-order valence-corrected chi connectivity index (χ0v) is 15.1. The Hall–Kier alpha value is -2.87. The van der Waals surface area contributed by atoms with Crippen LogP contribution in [0.3, 0.4) is 0 Å². The summed E-state index contributed by atoms with van der Waals surface area (Å²) in [5.74, 6) is 0.647. The lowest BCUT2D eigenvalue weighted by atomic mass is 9.68. The molecule has 0 saturated carbocycles. The van der Waals surface area contributed by atoms with Gasteiger partial charge in [0.05, 0.1) is 5.92 Å². The fourth-order valence-corrected chi connectivity index (χ4v) is 4.04. The molecule has 0 saturated heterocycles. The van der Waals surface area contributed by atoms with Crippen LogP contribution in [-0.4, -0.2) is 11.4 Å². The third-order valence-corrected chi connectivity index (χ3v) is 5.21. The predicted molar refractivity (Wildman–Crippen MR) is 104 cm³/mol. The lowest BCUT2D eigenvalue weighted by Gasteiger charge is -2.44. The smallest absolute Gasteiger partial charge is 0.170 e. The highest BCUT2D eigenvalue weighted by Gasteiger charge is 2.48. The van der Waals surface area contributed by atoms with E-state index >= 15 is 0 Å². The molecule has 2 nitrogen and oxygen atoms in total. The van der Waals surface area contributed by atoms with Crippen LogP contribution in [-0.2, 0) is 0 Å². The maximum Gasteiger partial charge on any atom is 0.170 e. The van der Waals surface area contributed by atoms with Crippen LogP contribution in [0.1, 0.15) is 41.3 Å². The minimum Gasteiger partial charge on any atom is -0.487 e. The summed E-state index contributed by atoms with van der Waals surface area (Å²) in [6.07, 6.45) is 0. The Kier molecular flexibility index (Phi) is 4.12. The third-order valence-electron chi connectivity index (χ3n) is 5.21. The van der Waals surface area contributed by atoms with Crippen molar-refractivity contribution in [2.24, 2.45) is 5.92 Å². The van der Waals surface area contributed by atoms with Crippen LogP contribution in [0.25, 0.3) is 0 Å². The molecule has 1 aliphatic heterocycles. The van der Waals surface area contributed by atoms with Crippen molar-refractivity contribution < 1.29 is 9.53 Å². The summed E-state index contributed by atoms with van der Waals surface area (Å²) in [6, 6.07) is 27.9. The van der Waals surface area contributed by atoms with Crippen molar-refractivity contribution in [3.63, 3.8) is 0 Å². The molecule has 0 bridgehead atoms. The lowest BCUT2D eigenvalue weighted by molar-refractivity contribution is 0.0193. The molecule has 2 unspecified atom stereocenters. The number of ether oxygens (including phenoxy) is 1. The van der Waals surface area contributed by atoms with Crippen molar-refractivity contribution in [3.8, 4) is 5.75 Å². The van der Waals surface area contributed by atoms with E-state index in [1.54, 1.807) is 0 Å². The second kappa shape index (κ2) is 6.45. The summed E-state index contributed by atoms with van der Waals surface area (Å²) >= 11 is 0. The Labute approximate surface area is 154 Å². The average molecular weight is 342 g/mol. The van der Waals surface area contributed by atoms with Gasteiger partial charge < -0.3 is 4.74 Å². The van der Waals surface area contributed by atoms with Crippen molar-refractivity contribution >= 4 is 5.78 Å². The van der Waals surface area contributed by atoms with Gasteiger partial charge in [0.15, 0.2) is 5.78 Å². The number of para-hydroxylation sites is 1. The molecule has 4 rings (SSSR count). The molecule has 2 atom stereocenters. The van der Waals surface area contributed by atoms with Gasteiger partial charge >= 0.3 is 0 Å². The highest BCUT2D eigenvalue weighted by Crippen LogP contribution is 2.49. The topological polar surface area (TPSA) is 26.3 Å². The van der Waals surface area contributed by atoms with Crippen molar-refractivity contribution in [2.75, 3.05) is 0 Å². The molecule has 26 heavy (non-hydrogen) atoms. The van der Waals surface area contributed by atoms with Crippen molar-refractivity contribution in [1.82, 2.24) is 0 Å². The number of carbonyl (C=O) groups excluding carboxylic acids is 1. The van der Waals surface area contributed by atoms with Gasteiger partial charge in [0.1, 0.15) is 11.4 Å². The van der Waals surface area contributed by atoms with Crippen LogP contribution in [0.2, 0.25) is 0 Å². The molecular weight excluding hydrogens is 320 g/mol. The molecule has 130 valence electrons. The number of rotatable bonds is 3. The first-order valence-corrected chi connectivity index (χ1v) is 9.00. The Bertz CT molecular complexity index is 913. The average Bonchev–Trinajstić information content (AvgIpc) is 2.67. The van der Waals surface area contributed by atoms with Crippen LogP contribution in [0, 0.1) is 5.92 Å². The number of fused-ring (bicyclic) bond motifs is 1. The molecule has 0 radical (unpaired) electrons. The number of carbonyl (C=O) groups is 1. The molecule has 0 aliphatic carbocycles. The fourth-order valence-electron chi connectivity index (χ4n) is 4.04. The summed E-state index contributed by atoms with van der Waals surface area (Å²) in [4.78, 5) is 13.5. The Balaban J connectivity index is 1.90. The first kappa shape index (κ1) is 16.6. The molecular formula is C24H22O2. The van der Waals surface area contributed by atoms with Gasteiger partial charge in [-0.25, -0.2) is 0 Å². The van der Waals surface area contributed by atoms with Gasteiger partial charge in [-0.2, -0.15) is 0 Å². The van der Waals surface area contributed by atoms with Gasteiger partial charge in [-0.15, -0.1) is 0 Å². The number of hydrogen-bond donors (Lipinski definition) is 0. The first-order chi connectivity index (χ1) is 12.6. The maximum absolute atomic E-state index is 13.5. The van der Waals surface area contributed by atoms with Crippen LogP contribution < -0.4 is 4.74 Å². The number of hydrogen-bond acceptors (Lipinski definition) is 2. The highest BCUT2D eigenvalue weighted by atomic mass is 16.5. The van der Waals surface area contributed by atoms with Crippen LogP contribution in [0.5, 0.6) is 5.75 Å². The SMILES string of the molecule is CC1(C)Oc2ccccc2C(c2ccccc2)C1C(=O)c1ccccc1. The molecule has 0 amide bonds. The monoisotopic (exact) mass is 342 g/mol. The van der Waals surface area contributed by atoms with Crippen molar-refractivity contribution in [3.05, 3.63) is 102 Å². The molecule has 0 aromatic heterocycles. The summed E-state index contributed by atoms with van der Waals surface area (Å²) in [6.45, 7) is 4.04. The van der Waals surface area contributed by atoms with E-state index in [2.05, 4.69) is 18.2 Å². The molecule has 2 heteroatoms. The molecule has 0 N–H and O–H groups in total. The first-order valence-electron chi connectivity index (χ1n) is 9.00. The van der Waals surface area contributed by atoms with Crippen LogP contribution in [0.4, 0.5) is 0 Å². The second-order valence-corrected chi connectivity index (χ2v) is 7.34. The molecule has 0 fully saturated rings. The van der Waals surface area contributed by atoms with Gasteiger partial charge in [0.25, 0.3) is 0 Å². The zero-order valence-electron chi connectivity index (χ0n) is 15.1. The number of benzene rings is 3. The Morgan fingerprint density at radius 3 is 2.08 bits per heavy atom. The minimum absolute atomic E-state index is 0.0381. The van der Waals surface area contributed by atoms with E-state index in [4.69, 9.17) is 4.74 Å². The van der Waals surface area contributed by atoms with Gasteiger partial charge in [0.2, 0.25) is 0 Å². The van der Waals surface area contributed by atoms with E-state index in [9.17, 15) is 4.79 Å². The number of ketones is 1. The summed E-state index contributed by atoms with van der Waals surface area (Å²) in [5.41, 5.74) is 2.34. The van der Waals surface area contributed by atoms with E-state index in [1.807, 2.05) is 80.6 Å². The van der Waals surface area contributed by atoms with Gasteiger partial charge in [0, 0.05) is 17.0 Å². The van der Waals surface area contributed by atoms with Crippen LogP contribution in [0.15, 0.2) is 84.9 Å². The Morgan fingerprint density at radius 2 is 1.38 bits per heavy atom. The highest BCUT2D eigenvalue weighted by molar-refractivity contribution is 5.99. The zero-order chi connectivity index (χ0) is 18.1. The summed E-state index contributed by atoms with van der Waals surface area (Å²) in [5, 5.41) is 0. The van der Waals surface area contributed by atoms with Crippen LogP contribution >= 0.6 is 0 Å². The molecule has 3 aromatic carbocycles. The Morgan fingerprint density at radius 1 is 0.808 bits per heavy atom. The summed E-state index contributed by atoms with van der Waals surface area (Å²) in [7, 11) is 0. The third kappa shape index (κ3) is 2.82. The fraction of sp³-hybridized carbons (Fsp3) is 0.208. The molecule has 1 heterocycles. The van der Waals surface area contributed by atoms with Gasteiger partial charge in [-0.3, -0.25) is 4.79 Å². The lowest BCUT2D eigenvalue weighted by Crippen LogP contribution is -2.48. The molecule has 0 spiro atoms. The van der Waals surface area contributed by atoms with Crippen molar-refractivity contribution in [1.29, 1.82) is 0 Å². The maximum atomic E-state index is 13.5. The predicted octanol–water partition coefficient (Wildman–Crippen LogP) is 5.49. The van der Waals surface area contributed by atoms with E-state index in [-0.39, 0.29) is 17.6 Å². The van der Waals surface area contributed by atoms with E-state index in [0.29, 0.717) is 0 Å². The normalized spacial score (nSPS) is 20.7. The molecule has 3 aromatic rings. The quantitative estimate of drug-likeness (QED) is 0.588. The van der Waals surface area contributed by atoms with E-state index in [1.165, 1.54) is 0 Å². The van der Waals surface area contributed by atoms with E-state index < -0.39 is 5.60 Å². The largest absolute Gasteiger partial charge is 0.487 e. The second-order valence-electron chi connectivity index (χ2n) is 7.34. The summed E-state index contributed by atoms with van der Waals surface area (Å²) < 4.78 is 6.31.